The van der Waals surface area contributed by atoms with Crippen LogP contribution in [0.2, 0.25) is 0 Å². The van der Waals surface area contributed by atoms with Gasteiger partial charge in [0.2, 0.25) is 0 Å². The Morgan fingerprint density at radius 1 is 1.03 bits per heavy atom. The van der Waals surface area contributed by atoms with Crippen LogP contribution in [0.5, 0.6) is 0 Å². The smallest absolute Gasteiger partial charge is 0.319 e. The van der Waals surface area contributed by atoms with Gasteiger partial charge in [-0.05, 0) is 55.6 Å². The second-order valence-corrected chi connectivity index (χ2v) is 8.73. The minimum absolute atomic E-state index is 0.0954. The number of rotatable bonds is 6. The zero-order valence-electron chi connectivity index (χ0n) is 18.3. The zero-order chi connectivity index (χ0) is 21.0. The summed E-state index contributed by atoms with van der Waals surface area (Å²) in [7, 11) is 0. The molecule has 0 spiro atoms. The summed E-state index contributed by atoms with van der Waals surface area (Å²) in [5, 5.41) is 6.17. The molecule has 2 amide bonds. The van der Waals surface area contributed by atoms with Gasteiger partial charge in [0.1, 0.15) is 0 Å². The largest absolute Gasteiger partial charge is 0.369 e. The first kappa shape index (κ1) is 20.7. The van der Waals surface area contributed by atoms with E-state index in [0.717, 1.165) is 56.8 Å². The highest BCUT2D eigenvalue weighted by Gasteiger charge is 2.38. The Bertz CT molecular complexity index is 855. The molecule has 1 aliphatic carbocycles. The molecule has 5 nitrogen and oxygen atoms in total. The fraction of sp³-hybridized carbons (Fsp3) is 0.480. The molecule has 2 aromatic carbocycles. The second-order valence-electron chi connectivity index (χ2n) is 8.73. The summed E-state index contributed by atoms with van der Waals surface area (Å²) in [6.07, 6.45) is 3.50. The summed E-state index contributed by atoms with van der Waals surface area (Å²) >= 11 is 0. The minimum Gasteiger partial charge on any atom is -0.369 e. The zero-order valence-corrected chi connectivity index (χ0v) is 18.3. The van der Waals surface area contributed by atoms with Gasteiger partial charge in [0.25, 0.3) is 0 Å². The molecule has 2 N–H and O–H groups in total. The first-order valence-corrected chi connectivity index (χ1v) is 11.3. The number of carbonyl (C=O) groups is 1. The lowest BCUT2D eigenvalue weighted by Gasteiger charge is -2.42. The third-order valence-electron chi connectivity index (χ3n) is 6.93. The molecule has 0 aromatic heterocycles. The van der Waals surface area contributed by atoms with E-state index >= 15 is 0 Å². The van der Waals surface area contributed by atoms with Crippen molar-refractivity contribution in [2.75, 3.05) is 49.5 Å². The number of anilines is 2. The van der Waals surface area contributed by atoms with E-state index in [9.17, 15) is 4.79 Å². The van der Waals surface area contributed by atoms with E-state index in [4.69, 9.17) is 0 Å². The molecule has 1 saturated carbocycles. The van der Waals surface area contributed by atoms with Gasteiger partial charge in [0.15, 0.2) is 0 Å². The van der Waals surface area contributed by atoms with Gasteiger partial charge in [-0.25, -0.2) is 4.79 Å². The molecular formula is C25H34N4O. The molecule has 1 saturated heterocycles. The fourth-order valence-electron chi connectivity index (χ4n) is 4.69. The molecular weight excluding hydrogens is 372 g/mol. The van der Waals surface area contributed by atoms with Gasteiger partial charge in [-0.15, -0.1) is 0 Å². The number of hydrogen-bond donors (Lipinski definition) is 2. The first-order chi connectivity index (χ1) is 14.6. The van der Waals surface area contributed by atoms with E-state index in [1.54, 1.807) is 0 Å². The molecule has 1 heterocycles. The third-order valence-corrected chi connectivity index (χ3v) is 6.93. The molecule has 0 radical (unpaired) electrons. The van der Waals surface area contributed by atoms with Crippen molar-refractivity contribution < 1.29 is 4.79 Å². The van der Waals surface area contributed by atoms with Crippen molar-refractivity contribution in [3.05, 3.63) is 59.7 Å². The maximum Gasteiger partial charge on any atom is 0.319 e. The highest BCUT2D eigenvalue weighted by molar-refractivity contribution is 5.90. The van der Waals surface area contributed by atoms with Crippen molar-refractivity contribution in [3.63, 3.8) is 0 Å². The lowest BCUT2D eigenvalue weighted by atomic mass is 9.64. The lowest BCUT2D eigenvalue weighted by Crippen LogP contribution is -2.46. The van der Waals surface area contributed by atoms with E-state index in [1.165, 1.54) is 17.7 Å². The first-order valence-electron chi connectivity index (χ1n) is 11.3. The van der Waals surface area contributed by atoms with Gasteiger partial charge < -0.3 is 20.4 Å². The molecule has 4 rings (SSSR count). The molecule has 0 bridgehead atoms. The summed E-state index contributed by atoms with van der Waals surface area (Å²) in [5.74, 6) is 0. The predicted molar refractivity (Wildman–Crippen MR) is 124 cm³/mol. The molecule has 30 heavy (non-hydrogen) atoms. The predicted octanol–water partition coefficient (Wildman–Crippen LogP) is 4.38. The maximum absolute atomic E-state index is 12.6. The number of hydrogen-bond acceptors (Lipinski definition) is 3. The van der Waals surface area contributed by atoms with Gasteiger partial charge in [-0.1, -0.05) is 43.7 Å². The average molecular weight is 407 g/mol. The Hall–Kier alpha value is -2.53. The van der Waals surface area contributed by atoms with Crippen molar-refractivity contribution in [3.8, 4) is 0 Å². The van der Waals surface area contributed by atoms with Gasteiger partial charge >= 0.3 is 6.03 Å². The summed E-state index contributed by atoms with van der Waals surface area (Å²) in [4.78, 5) is 17.5. The average Bonchev–Trinajstić information content (AvgIpc) is 2.75. The standard InChI is InChI=1S/C25H34N4O/c1-3-28-14-16-29(17-15-28)22-10-11-23(20(2)18-22)27-24(30)26-19-25(12-7-13-25)21-8-5-4-6-9-21/h4-6,8-11,18H,3,7,12-17,19H2,1-2H3,(H2,26,27,30). The number of urea groups is 1. The number of likely N-dealkylation sites (N-methyl/N-ethyl adjacent to an activating group) is 1. The Morgan fingerprint density at radius 2 is 1.77 bits per heavy atom. The van der Waals surface area contributed by atoms with E-state index in [2.05, 4.69) is 70.7 Å². The van der Waals surface area contributed by atoms with Crippen LogP contribution in [0.3, 0.4) is 0 Å². The SMILES string of the molecule is CCN1CCN(c2ccc(NC(=O)NCC3(c4ccccc4)CCC3)c(C)c2)CC1. The van der Waals surface area contributed by atoms with Crippen molar-refractivity contribution in [1.29, 1.82) is 0 Å². The number of piperazine rings is 1. The number of nitrogens with one attached hydrogen (secondary N) is 2. The third kappa shape index (κ3) is 4.46. The Morgan fingerprint density at radius 3 is 2.37 bits per heavy atom. The van der Waals surface area contributed by atoms with Crippen LogP contribution in [0.15, 0.2) is 48.5 Å². The van der Waals surface area contributed by atoms with Crippen LogP contribution >= 0.6 is 0 Å². The van der Waals surface area contributed by atoms with E-state index in [0.29, 0.717) is 6.54 Å². The number of benzene rings is 2. The molecule has 0 atom stereocenters. The van der Waals surface area contributed by atoms with Crippen molar-refractivity contribution in [2.24, 2.45) is 0 Å². The van der Waals surface area contributed by atoms with Gasteiger partial charge in [-0.3, -0.25) is 0 Å². The molecule has 2 aliphatic rings. The summed E-state index contributed by atoms with van der Waals surface area (Å²) in [6, 6.07) is 16.8. The molecule has 160 valence electrons. The Balaban J connectivity index is 1.33. The van der Waals surface area contributed by atoms with Crippen molar-refractivity contribution in [2.45, 2.75) is 38.5 Å². The van der Waals surface area contributed by atoms with Crippen LogP contribution in [-0.4, -0.2) is 50.2 Å². The number of carbonyl (C=O) groups excluding carboxylic acids is 1. The second kappa shape index (κ2) is 9.09. The van der Waals surface area contributed by atoms with Crippen LogP contribution in [-0.2, 0) is 5.41 Å². The number of amides is 2. The van der Waals surface area contributed by atoms with Gasteiger partial charge in [0.05, 0.1) is 0 Å². The lowest BCUT2D eigenvalue weighted by molar-refractivity contribution is 0.222. The highest BCUT2D eigenvalue weighted by atomic mass is 16.2. The van der Waals surface area contributed by atoms with Crippen LogP contribution < -0.4 is 15.5 Å². The highest BCUT2D eigenvalue weighted by Crippen LogP contribution is 2.43. The van der Waals surface area contributed by atoms with Crippen LogP contribution in [0, 0.1) is 6.92 Å². The van der Waals surface area contributed by atoms with Crippen molar-refractivity contribution >= 4 is 17.4 Å². The maximum atomic E-state index is 12.6. The van der Waals surface area contributed by atoms with Gasteiger partial charge in [-0.2, -0.15) is 0 Å². The summed E-state index contributed by atoms with van der Waals surface area (Å²) in [6.45, 7) is 10.4. The quantitative estimate of drug-likeness (QED) is 0.748. The summed E-state index contributed by atoms with van der Waals surface area (Å²) in [5.41, 5.74) is 4.65. The summed E-state index contributed by atoms with van der Waals surface area (Å²) < 4.78 is 0. The van der Waals surface area contributed by atoms with Crippen molar-refractivity contribution in [1.82, 2.24) is 10.2 Å². The molecule has 1 aliphatic heterocycles. The Kier molecular flexibility index (Phi) is 6.28. The monoisotopic (exact) mass is 406 g/mol. The van der Waals surface area contributed by atoms with Crippen LogP contribution in [0.25, 0.3) is 0 Å². The number of aryl methyl sites for hydroxylation is 1. The molecule has 2 fully saturated rings. The van der Waals surface area contributed by atoms with Crippen LogP contribution in [0.4, 0.5) is 16.2 Å². The van der Waals surface area contributed by atoms with Crippen LogP contribution in [0.1, 0.15) is 37.3 Å². The molecule has 5 heteroatoms. The van der Waals surface area contributed by atoms with Gasteiger partial charge in [0, 0.05) is 49.5 Å². The molecule has 0 unspecified atom stereocenters. The molecule has 2 aromatic rings. The normalized spacial score (nSPS) is 18.5. The Labute approximate surface area is 180 Å². The fourth-order valence-corrected chi connectivity index (χ4v) is 4.69. The van der Waals surface area contributed by atoms with E-state index in [1.807, 2.05) is 12.1 Å². The van der Waals surface area contributed by atoms with E-state index < -0.39 is 0 Å². The number of nitrogens with zero attached hydrogens (tertiary/aromatic N) is 2. The van der Waals surface area contributed by atoms with E-state index in [-0.39, 0.29) is 11.4 Å². The minimum atomic E-state index is -0.121. The topological polar surface area (TPSA) is 47.6 Å².